The van der Waals surface area contributed by atoms with E-state index in [-0.39, 0.29) is 0 Å². The summed E-state index contributed by atoms with van der Waals surface area (Å²) in [5.74, 6) is 0. The Labute approximate surface area is 235 Å². The zero-order valence-electron chi connectivity index (χ0n) is 20.6. The molecule has 0 saturated carbocycles. The quantitative estimate of drug-likeness (QED) is 0.212. The molecule has 0 saturated heterocycles. The molecule has 0 unspecified atom stereocenters. The van der Waals surface area contributed by atoms with Gasteiger partial charge in [-0.15, -0.1) is 0 Å². The Morgan fingerprint density at radius 1 is 0.556 bits per heavy atom. The molecular formula is C31H28S2Se2Si. The molecule has 0 atom stereocenters. The van der Waals surface area contributed by atoms with Crippen molar-refractivity contribution in [2.24, 2.45) is 0 Å². The van der Waals surface area contributed by atoms with Gasteiger partial charge in [0.1, 0.15) is 0 Å². The van der Waals surface area contributed by atoms with Gasteiger partial charge in [-0.25, -0.2) is 0 Å². The van der Waals surface area contributed by atoms with Crippen molar-refractivity contribution in [3.05, 3.63) is 115 Å². The van der Waals surface area contributed by atoms with Crippen molar-refractivity contribution in [2.45, 2.75) is 19.6 Å². The number of hydrogen-bond donors (Lipinski definition) is 0. The van der Waals surface area contributed by atoms with E-state index in [0.717, 1.165) is 0 Å². The zero-order chi connectivity index (χ0) is 25.0. The van der Waals surface area contributed by atoms with Crippen LogP contribution in [0.15, 0.2) is 115 Å². The second kappa shape index (κ2) is 11.6. The predicted molar refractivity (Wildman–Crippen MR) is 170 cm³/mol. The molecule has 0 amide bonds. The molecule has 36 heavy (non-hydrogen) atoms. The molecule has 180 valence electrons. The van der Waals surface area contributed by atoms with Crippen LogP contribution in [0.1, 0.15) is 0 Å². The van der Waals surface area contributed by atoms with Crippen LogP contribution in [-0.4, -0.2) is 38.0 Å². The molecule has 0 fully saturated rings. The second-order valence-corrected chi connectivity index (χ2v) is 21.4. The van der Waals surface area contributed by atoms with E-state index in [2.05, 4.69) is 134 Å². The molecule has 6 rings (SSSR count). The summed E-state index contributed by atoms with van der Waals surface area (Å²) in [5.41, 5.74) is 0. The van der Waals surface area contributed by atoms with Gasteiger partial charge in [0.2, 0.25) is 0 Å². The maximum atomic E-state index is 2.46. The van der Waals surface area contributed by atoms with Crippen LogP contribution in [0.3, 0.4) is 0 Å². The third-order valence-corrected chi connectivity index (χ3v) is 17.0. The molecule has 0 aliphatic rings. The molecule has 0 radical (unpaired) electrons. The third kappa shape index (κ3) is 6.12. The average molecular weight is 651 g/mol. The Kier molecular flexibility index (Phi) is 8.30. The Morgan fingerprint density at radius 3 is 1.72 bits per heavy atom. The summed E-state index contributed by atoms with van der Waals surface area (Å²) >= 11 is 4.72. The van der Waals surface area contributed by atoms with E-state index in [1.807, 2.05) is 22.7 Å². The first-order valence-corrected chi connectivity index (χ1v) is 20.6. The number of benzene rings is 4. The van der Waals surface area contributed by atoms with Gasteiger partial charge < -0.3 is 0 Å². The third-order valence-electron chi connectivity index (χ3n) is 5.61. The summed E-state index contributed by atoms with van der Waals surface area (Å²) in [4.78, 5) is 0. The van der Waals surface area contributed by atoms with E-state index < -0.39 is 8.07 Å². The van der Waals surface area contributed by atoms with Crippen LogP contribution in [0.5, 0.6) is 0 Å². The van der Waals surface area contributed by atoms with Gasteiger partial charge in [0, 0.05) is 0 Å². The van der Waals surface area contributed by atoms with Crippen LogP contribution in [-0.2, 0) is 0 Å². The van der Waals surface area contributed by atoms with Crippen molar-refractivity contribution in [2.75, 3.05) is 0 Å². The van der Waals surface area contributed by atoms with Crippen molar-refractivity contribution in [1.82, 2.24) is 0 Å². The van der Waals surface area contributed by atoms with Gasteiger partial charge in [0.25, 0.3) is 0 Å². The van der Waals surface area contributed by atoms with E-state index in [4.69, 9.17) is 0 Å². The Morgan fingerprint density at radius 2 is 1.08 bits per heavy atom. The fourth-order valence-corrected chi connectivity index (χ4v) is 15.2. The molecule has 0 bridgehead atoms. The van der Waals surface area contributed by atoms with Gasteiger partial charge >= 0.3 is 237 Å². The van der Waals surface area contributed by atoms with Gasteiger partial charge in [-0.3, -0.25) is 0 Å². The second-order valence-electron chi connectivity index (χ2n) is 9.43. The van der Waals surface area contributed by atoms with Crippen molar-refractivity contribution in [3.8, 4) is 0 Å². The normalized spacial score (nSPS) is 11.4. The number of hydrogen-bond acceptors (Lipinski definition) is 2. The van der Waals surface area contributed by atoms with Crippen LogP contribution in [0.25, 0.3) is 20.2 Å². The molecule has 5 heteroatoms. The molecule has 0 aliphatic heterocycles. The molecule has 0 aliphatic carbocycles. The fraction of sp³-hybridized carbons (Fsp3) is 0.0968. The molecule has 0 N–H and O–H groups in total. The average Bonchev–Trinajstić information content (AvgIpc) is 3.48. The van der Waals surface area contributed by atoms with Gasteiger partial charge in [0.15, 0.2) is 0 Å². The molecule has 0 spiro atoms. The number of thiophene rings is 2. The maximum absolute atomic E-state index is 2.46. The number of rotatable bonds is 5. The fourth-order valence-electron chi connectivity index (χ4n) is 3.87. The summed E-state index contributed by atoms with van der Waals surface area (Å²) in [6.07, 6.45) is 0. The van der Waals surface area contributed by atoms with Crippen molar-refractivity contribution in [3.63, 3.8) is 0 Å². The van der Waals surface area contributed by atoms with E-state index in [1.54, 1.807) is 8.96 Å². The summed E-state index contributed by atoms with van der Waals surface area (Å²) in [6, 6.07) is 39.2. The topological polar surface area (TPSA) is 0 Å². The van der Waals surface area contributed by atoms with E-state index >= 15 is 0 Å². The molecule has 2 heterocycles. The Bertz CT molecular complexity index is 1560. The van der Waals surface area contributed by atoms with Gasteiger partial charge in [-0.1, -0.05) is 0 Å². The summed E-state index contributed by atoms with van der Waals surface area (Å²) in [7, 11) is -1.28. The van der Waals surface area contributed by atoms with Crippen molar-refractivity contribution in [1.29, 1.82) is 0 Å². The summed E-state index contributed by atoms with van der Waals surface area (Å²) in [5, 5.41) is 5.22. The van der Waals surface area contributed by atoms with E-state index in [9.17, 15) is 0 Å². The van der Waals surface area contributed by atoms with Crippen LogP contribution in [0.2, 0.25) is 19.6 Å². The van der Waals surface area contributed by atoms with Crippen LogP contribution in [0, 0.1) is 0 Å². The molecule has 6 aromatic rings. The minimum absolute atomic E-state index is 0.413. The standard InChI is InChI=1S/C17H18SSeSi.C14H10SSe/c1-20(2,3)17-16(19-13-9-5-4-6-10-13)14-11-7-8-12-15(14)18-17;1-2-6-11(7-3-1)16-14-10-15-13-9-5-4-8-12(13)14/h4-12H,1-3H3;1-10H. The SMILES string of the molecule is C[Si](C)(C)c1sc2ccccc2c1[Se]c1ccccc1.c1ccc([Se]c2csc3ccccc23)cc1. The summed E-state index contributed by atoms with van der Waals surface area (Å²) < 4.78 is 10.6. The monoisotopic (exact) mass is 652 g/mol. The number of fused-ring (bicyclic) bond motifs is 2. The van der Waals surface area contributed by atoms with Crippen molar-refractivity contribution < 1.29 is 0 Å². The Hall–Kier alpha value is -1.94. The Balaban J connectivity index is 0.000000152. The minimum atomic E-state index is -1.28. The van der Waals surface area contributed by atoms with Crippen LogP contribution < -0.4 is 22.3 Å². The first-order valence-electron chi connectivity index (χ1n) is 11.9. The van der Waals surface area contributed by atoms with E-state index in [0.29, 0.717) is 29.9 Å². The molecule has 2 aromatic heterocycles. The first kappa shape index (κ1) is 25.7. The first-order chi connectivity index (χ1) is 17.5. The van der Waals surface area contributed by atoms with Crippen LogP contribution >= 0.6 is 22.7 Å². The van der Waals surface area contributed by atoms with E-state index in [1.165, 1.54) is 33.6 Å². The predicted octanol–water partition coefficient (Wildman–Crippen LogP) is 5.66. The van der Waals surface area contributed by atoms with Crippen LogP contribution in [0.4, 0.5) is 0 Å². The molecule has 4 aromatic carbocycles. The van der Waals surface area contributed by atoms with Gasteiger partial charge in [-0.2, -0.15) is 0 Å². The van der Waals surface area contributed by atoms with Gasteiger partial charge in [-0.05, 0) is 0 Å². The zero-order valence-corrected chi connectivity index (χ0v) is 26.7. The van der Waals surface area contributed by atoms with Crippen molar-refractivity contribution >= 4 is 103 Å². The summed E-state index contributed by atoms with van der Waals surface area (Å²) in [6.45, 7) is 7.38. The molecule has 0 nitrogen and oxygen atoms in total. The molecular weight excluding hydrogens is 622 g/mol. The van der Waals surface area contributed by atoms with Gasteiger partial charge in [0.05, 0.1) is 0 Å².